The molecule has 2 aliphatic heterocycles. The number of aryl methyl sites for hydroxylation is 2. The number of cyclic esters (lactones) is 2. The number of benzene rings is 2. The number of hydrogen-bond acceptors (Lipinski definition) is 8. The second kappa shape index (κ2) is 17.4. The fourth-order valence-electron chi connectivity index (χ4n) is 5.93. The summed E-state index contributed by atoms with van der Waals surface area (Å²) in [5, 5.41) is 6.05. The lowest BCUT2D eigenvalue weighted by molar-refractivity contribution is -0.179. The average molecular weight is 711 g/mol. The Morgan fingerprint density at radius 3 is 2.34 bits per heavy atom. The van der Waals surface area contributed by atoms with E-state index >= 15 is 0 Å². The predicted molar refractivity (Wildman–Crippen MR) is 191 cm³/mol. The van der Waals surface area contributed by atoms with Gasteiger partial charge in [0.25, 0.3) is 0 Å². The van der Waals surface area contributed by atoms with Crippen LogP contribution in [0.1, 0.15) is 83.6 Å². The quantitative estimate of drug-likeness (QED) is 0.224. The van der Waals surface area contributed by atoms with Crippen molar-refractivity contribution >= 4 is 35.4 Å². The molecule has 6 atom stereocenters. The molecule has 0 spiro atoms. The van der Waals surface area contributed by atoms with Gasteiger partial charge >= 0.3 is 11.9 Å². The monoisotopic (exact) mass is 710 g/mol. The minimum absolute atomic E-state index is 0.0248. The van der Waals surface area contributed by atoms with Crippen molar-refractivity contribution in [1.82, 2.24) is 10.6 Å². The highest BCUT2D eigenvalue weighted by Gasteiger charge is 2.48. The van der Waals surface area contributed by atoms with Crippen molar-refractivity contribution in [3.8, 4) is 5.75 Å². The molecule has 11 heteroatoms. The van der Waals surface area contributed by atoms with Crippen LogP contribution in [0.4, 0.5) is 0 Å². The van der Waals surface area contributed by atoms with Crippen molar-refractivity contribution in [2.45, 2.75) is 104 Å². The number of esters is 2. The first kappa shape index (κ1) is 38.9. The second-order valence-electron chi connectivity index (χ2n) is 14.3. The first-order chi connectivity index (χ1) is 23.7. The van der Waals surface area contributed by atoms with Gasteiger partial charge in [-0.1, -0.05) is 75.7 Å². The lowest BCUT2D eigenvalue weighted by Crippen LogP contribution is -2.50. The maximum absolute atomic E-state index is 13.7. The molecule has 0 aliphatic carbocycles. The fraction of sp³-hybridized carbons (Fsp3) is 0.538. The van der Waals surface area contributed by atoms with Gasteiger partial charge in [-0.2, -0.15) is 0 Å². The summed E-state index contributed by atoms with van der Waals surface area (Å²) in [7, 11) is 1.53. The largest absolute Gasteiger partial charge is 0.495 e. The molecule has 0 aromatic heterocycles. The van der Waals surface area contributed by atoms with Gasteiger partial charge < -0.3 is 29.6 Å². The lowest BCUT2D eigenvalue weighted by atomic mass is 9.92. The summed E-state index contributed by atoms with van der Waals surface area (Å²) >= 11 is 6.31. The number of epoxide rings is 1. The Labute approximate surface area is 300 Å². The summed E-state index contributed by atoms with van der Waals surface area (Å²) in [4.78, 5) is 53.8. The third-order valence-corrected chi connectivity index (χ3v) is 9.57. The zero-order valence-corrected chi connectivity index (χ0v) is 30.9. The van der Waals surface area contributed by atoms with Gasteiger partial charge in [0.15, 0.2) is 6.10 Å². The summed E-state index contributed by atoms with van der Waals surface area (Å²) in [6, 6.07) is 12.7. The Morgan fingerprint density at radius 1 is 1.00 bits per heavy atom. The first-order valence-corrected chi connectivity index (χ1v) is 17.8. The zero-order valence-electron chi connectivity index (χ0n) is 30.1. The molecular formula is C39H51ClN2O8. The van der Waals surface area contributed by atoms with Crippen molar-refractivity contribution in [3.05, 3.63) is 76.3 Å². The van der Waals surface area contributed by atoms with Gasteiger partial charge in [-0.3, -0.25) is 14.4 Å². The van der Waals surface area contributed by atoms with Gasteiger partial charge in [0.1, 0.15) is 24.0 Å². The maximum atomic E-state index is 13.7. The average Bonchev–Trinajstić information content (AvgIpc) is 3.88. The standard InChI is InChI=1S/C39H51ClN2O8/c1-8-25-12-16-27(17-13-25)35-34(50-35)24(4)30-10-9-11-33(43)42-29(18-14-26-15-19-31(47-7)28(40)21-26)36(44)41-22-39(5,6)38(46)49-32(20-23(2)3)37(45)48-30/h9,11-13,15-17,19,21,23-24,29-30,32,34-35H,8,10,14,18,20,22H2,1-7H3,(H,41,44)(H,42,43)/b11-9+/t24?,29?,30-,32-,34+,35+/m0/s1. The number of amides is 2. The molecule has 2 aromatic carbocycles. The van der Waals surface area contributed by atoms with Crippen LogP contribution in [0, 0.1) is 17.3 Å². The number of ether oxygens (including phenoxy) is 4. The van der Waals surface area contributed by atoms with Crippen molar-refractivity contribution in [2.24, 2.45) is 17.3 Å². The molecule has 50 heavy (non-hydrogen) atoms. The van der Waals surface area contributed by atoms with Gasteiger partial charge in [-0.15, -0.1) is 0 Å². The molecule has 2 unspecified atom stereocenters. The molecule has 1 fully saturated rings. The lowest BCUT2D eigenvalue weighted by Gasteiger charge is -2.29. The molecule has 1 saturated heterocycles. The van der Waals surface area contributed by atoms with Crippen molar-refractivity contribution < 1.29 is 38.1 Å². The summed E-state index contributed by atoms with van der Waals surface area (Å²) in [6.07, 6.45) is 2.92. The van der Waals surface area contributed by atoms with E-state index in [4.69, 9.17) is 30.5 Å². The first-order valence-electron chi connectivity index (χ1n) is 17.4. The number of carbonyl (C=O) groups is 4. The van der Waals surface area contributed by atoms with E-state index in [0.29, 0.717) is 17.2 Å². The van der Waals surface area contributed by atoms with Crippen LogP contribution in [0.5, 0.6) is 5.75 Å². The molecule has 0 radical (unpaired) electrons. The van der Waals surface area contributed by atoms with Crippen LogP contribution in [0.15, 0.2) is 54.6 Å². The Kier molecular flexibility index (Phi) is 13.5. The topological polar surface area (TPSA) is 133 Å². The molecule has 2 amide bonds. The summed E-state index contributed by atoms with van der Waals surface area (Å²) in [5.41, 5.74) is 1.95. The molecule has 10 nitrogen and oxygen atoms in total. The van der Waals surface area contributed by atoms with Crippen molar-refractivity contribution in [1.29, 1.82) is 0 Å². The van der Waals surface area contributed by atoms with Crippen LogP contribution in [0.25, 0.3) is 0 Å². The van der Waals surface area contributed by atoms with Crippen LogP contribution in [0.2, 0.25) is 5.02 Å². The number of halogens is 1. The highest BCUT2D eigenvalue weighted by atomic mass is 35.5. The second-order valence-corrected chi connectivity index (χ2v) is 14.7. The van der Waals surface area contributed by atoms with Gasteiger partial charge in [-0.25, -0.2) is 4.79 Å². The third-order valence-electron chi connectivity index (χ3n) is 9.28. The van der Waals surface area contributed by atoms with E-state index in [9.17, 15) is 19.2 Å². The van der Waals surface area contributed by atoms with Crippen LogP contribution >= 0.6 is 11.6 Å². The van der Waals surface area contributed by atoms with E-state index in [0.717, 1.165) is 17.5 Å². The molecular weight excluding hydrogens is 660 g/mol. The SMILES string of the molecule is CCc1ccc([C@H]2O[C@@H]2C(C)[C@@H]2C/C=C/C(=O)NC(CCc3ccc(OC)c(Cl)c3)C(=O)NCC(C)(C)C(=O)O[C@@H](CC(C)C)C(=O)O2)cc1. The Balaban J connectivity index is 1.57. The van der Waals surface area contributed by atoms with Gasteiger partial charge in [0, 0.05) is 18.9 Å². The Morgan fingerprint density at radius 2 is 1.70 bits per heavy atom. The van der Waals surface area contributed by atoms with E-state index in [2.05, 4.69) is 41.8 Å². The molecule has 4 rings (SSSR count). The molecule has 272 valence electrons. The number of rotatable bonds is 10. The van der Waals surface area contributed by atoms with Crippen molar-refractivity contribution in [2.75, 3.05) is 13.7 Å². The van der Waals surface area contributed by atoms with Gasteiger partial charge in [0.05, 0.1) is 23.7 Å². The van der Waals surface area contributed by atoms with Crippen LogP contribution in [-0.4, -0.2) is 61.8 Å². The van der Waals surface area contributed by atoms with E-state index in [1.807, 2.05) is 26.8 Å². The minimum Gasteiger partial charge on any atom is -0.495 e. The molecule has 0 bridgehead atoms. The highest BCUT2D eigenvalue weighted by molar-refractivity contribution is 6.32. The van der Waals surface area contributed by atoms with Crippen LogP contribution in [-0.2, 0) is 46.2 Å². The molecule has 2 N–H and O–H groups in total. The Hall–Kier alpha value is -3.89. The fourth-order valence-corrected chi connectivity index (χ4v) is 6.21. The maximum Gasteiger partial charge on any atom is 0.347 e. The number of nitrogens with one attached hydrogen (secondary N) is 2. The summed E-state index contributed by atoms with van der Waals surface area (Å²) < 4.78 is 23.2. The third kappa shape index (κ3) is 10.6. The number of carbonyl (C=O) groups excluding carboxylic acids is 4. The van der Waals surface area contributed by atoms with E-state index in [-0.39, 0.29) is 49.9 Å². The van der Waals surface area contributed by atoms with E-state index < -0.39 is 47.4 Å². The number of methoxy groups -OCH3 is 1. The summed E-state index contributed by atoms with van der Waals surface area (Å²) in [5.74, 6) is -1.92. The van der Waals surface area contributed by atoms with Gasteiger partial charge in [-0.05, 0) is 80.3 Å². The normalized spacial score (nSPS) is 25.9. The smallest absolute Gasteiger partial charge is 0.347 e. The van der Waals surface area contributed by atoms with E-state index in [1.54, 1.807) is 32.1 Å². The molecule has 2 aliphatic rings. The van der Waals surface area contributed by atoms with Crippen LogP contribution < -0.4 is 15.4 Å². The minimum atomic E-state index is -1.19. The van der Waals surface area contributed by atoms with E-state index in [1.165, 1.54) is 18.7 Å². The predicted octanol–water partition coefficient (Wildman–Crippen LogP) is 6.08. The number of hydrogen-bond donors (Lipinski definition) is 2. The molecule has 2 heterocycles. The molecule has 2 aromatic rings. The van der Waals surface area contributed by atoms with Crippen molar-refractivity contribution in [3.63, 3.8) is 0 Å². The zero-order chi connectivity index (χ0) is 36.6. The molecule has 0 saturated carbocycles. The van der Waals surface area contributed by atoms with Crippen LogP contribution in [0.3, 0.4) is 0 Å². The van der Waals surface area contributed by atoms with Gasteiger partial charge in [0.2, 0.25) is 11.8 Å². The Bertz CT molecular complexity index is 1540. The highest BCUT2D eigenvalue weighted by Crippen LogP contribution is 2.45. The summed E-state index contributed by atoms with van der Waals surface area (Å²) in [6.45, 7) is 11.1.